The summed E-state index contributed by atoms with van der Waals surface area (Å²) in [6, 6.07) is 52.9. The van der Waals surface area contributed by atoms with Gasteiger partial charge in [0.25, 0.3) is 0 Å². The van der Waals surface area contributed by atoms with Crippen LogP contribution in [-0.2, 0) is 16.2 Å². The first-order chi connectivity index (χ1) is 24.2. The van der Waals surface area contributed by atoms with Gasteiger partial charge < -0.3 is 0 Å². The fourth-order valence-electron chi connectivity index (χ4n) is 8.56. The molecule has 1 spiro atoms. The van der Waals surface area contributed by atoms with E-state index in [4.69, 9.17) is 15.2 Å². The van der Waals surface area contributed by atoms with Crippen LogP contribution in [0.3, 0.4) is 0 Å². The van der Waals surface area contributed by atoms with E-state index in [0.29, 0.717) is 5.82 Å². The highest BCUT2D eigenvalue weighted by Crippen LogP contribution is 2.62. The van der Waals surface area contributed by atoms with Crippen LogP contribution in [0.4, 0.5) is 0 Å². The Morgan fingerprint density at radius 1 is 0.440 bits per heavy atom. The summed E-state index contributed by atoms with van der Waals surface area (Å²) in [5, 5.41) is 9.72. The summed E-state index contributed by atoms with van der Waals surface area (Å²) >= 11 is 0. The molecule has 1 heterocycles. The van der Waals surface area contributed by atoms with Gasteiger partial charge in [-0.25, -0.2) is 4.98 Å². The summed E-state index contributed by atoms with van der Waals surface area (Å²) in [5.41, 5.74) is 15.8. The summed E-state index contributed by atoms with van der Waals surface area (Å²) in [5.74, 6) is 0.623. The molecule has 242 valence electrons. The molecule has 2 aliphatic rings. The molecule has 0 unspecified atom stereocenters. The summed E-state index contributed by atoms with van der Waals surface area (Å²) < 4.78 is 0. The molecular weight excluding hydrogens is 607 g/mol. The molecule has 50 heavy (non-hydrogen) atoms. The smallest absolute Gasteiger partial charge is 0.182 e. The van der Waals surface area contributed by atoms with Gasteiger partial charge in [0, 0.05) is 22.1 Å². The van der Waals surface area contributed by atoms with Crippen molar-refractivity contribution in [2.45, 2.75) is 50.9 Å². The topological polar surface area (TPSA) is 38.7 Å². The van der Waals surface area contributed by atoms with E-state index in [9.17, 15) is 0 Å². The SMILES string of the molecule is CC(C)(C)c1ccc(-c2nnc(-c3ccc4c(c3)C(C)(C)c3ccccc3C43c4ccccc4-c4ccccc43)nc2-c2ccccc2)cc1. The second-order valence-electron chi connectivity index (χ2n) is 15.3. The van der Waals surface area contributed by atoms with Crippen LogP contribution in [0.25, 0.3) is 45.0 Å². The second-order valence-corrected chi connectivity index (χ2v) is 15.3. The molecular formula is C47H39N3. The molecule has 0 saturated carbocycles. The van der Waals surface area contributed by atoms with Gasteiger partial charge in [0.05, 0.1) is 5.41 Å². The van der Waals surface area contributed by atoms with Crippen molar-refractivity contribution in [2.24, 2.45) is 0 Å². The lowest BCUT2D eigenvalue weighted by Gasteiger charge is -2.46. The van der Waals surface area contributed by atoms with Crippen molar-refractivity contribution in [3.8, 4) is 45.0 Å². The summed E-state index contributed by atoms with van der Waals surface area (Å²) in [4.78, 5) is 5.29. The maximum atomic E-state index is 5.29. The Morgan fingerprint density at radius 2 is 0.960 bits per heavy atom. The third-order valence-electron chi connectivity index (χ3n) is 11.1. The van der Waals surface area contributed by atoms with E-state index in [0.717, 1.165) is 28.1 Å². The van der Waals surface area contributed by atoms with Gasteiger partial charge in [0.15, 0.2) is 5.82 Å². The van der Waals surface area contributed by atoms with Crippen LogP contribution >= 0.6 is 0 Å². The van der Waals surface area contributed by atoms with E-state index in [-0.39, 0.29) is 10.8 Å². The van der Waals surface area contributed by atoms with E-state index in [1.165, 1.54) is 50.1 Å². The predicted octanol–water partition coefficient (Wildman–Crippen LogP) is 11.2. The number of fused-ring (bicyclic) bond motifs is 9. The van der Waals surface area contributed by atoms with E-state index in [2.05, 4.69) is 174 Å². The zero-order valence-corrected chi connectivity index (χ0v) is 29.2. The Hall–Kier alpha value is -5.67. The highest BCUT2D eigenvalue weighted by molar-refractivity contribution is 5.89. The van der Waals surface area contributed by atoms with Crippen molar-refractivity contribution in [1.29, 1.82) is 0 Å². The maximum Gasteiger partial charge on any atom is 0.182 e. The fraction of sp³-hybridized carbons (Fsp3) is 0.170. The largest absolute Gasteiger partial charge is 0.224 e. The van der Waals surface area contributed by atoms with Gasteiger partial charge >= 0.3 is 0 Å². The third-order valence-corrected chi connectivity index (χ3v) is 11.1. The molecule has 9 rings (SSSR count). The van der Waals surface area contributed by atoms with E-state index in [1.54, 1.807) is 0 Å². The molecule has 3 heteroatoms. The van der Waals surface area contributed by atoms with Crippen LogP contribution in [-0.4, -0.2) is 15.2 Å². The fourth-order valence-corrected chi connectivity index (χ4v) is 8.56. The van der Waals surface area contributed by atoms with Gasteiger partial charge in [0.2, 0.25) is 0 Å². The first kappa shape index (κ1) is 30.4. The number of hydrogen-bond donors (Lipinski definition) is 0. The molecule has 0 aliphatic heterocycles. The molecule has 0 atom stereocenters. The standard InChI is InChI=1S/C47H39N3/c1-45(2,3)33-26-23-31(24-27-33)43-42(30-15-7-6-8-16-30)48-44(50-49-43)32-25-28-40-41(29-32)46(4,5)38-21-13-14-22-39(38)47(40)36-19-11-9-17-34(36)35-18-10-12-20-37(35)47/h6-29H,1-5H3. The van der Waals surface area contributed by atoms with Crippen molar-refractivity contribution in [2.75, 3.05) is 0 Å². The summed E-state index contributed by atoms with van der Waals surface area (Å²) in [6.45, 7) is 11.4. The average Bonchev–Trinajstić information content (AvgIpc) is 3.45. The molecule has 0 N–H and O–H groups in total. The Labute approximate surface area is 294 Å². The highest BCUT2D eigenvalue weighted by Gasteiger charge is 2.53. The average molecular weight is 646 g/mol. The van der Waals surface area contributed by atoms with Crippen LogP contribution in [0.15, 0.2) is 146 Å². The number of benzene rings is 6. The maximum absolute atomic E-state index is 5.29. The lowest BCUT2D eigenvalue weighted by Crippen LogP contribution is -2.40. The Balaban J connectivity index is 1.26. The summed E-state index contributed by atoms with van der Waals surface area (Å²) in [6.07, 6.45) is 0. The lowest BCUT2D eigenvalue weighted by atomic mass is 9.55. The number of hydrogen-bond acceptors (Lipinski definition) is 3. The van der Waals surface area contributed by atoms with Crippen LogP contribution in [0, 0.1) is 0 Å². The summed E-state index contributed by atoms with van der Waals surface area (Å²) in [7, 11) is 0. The molecule has 7 aromatic rings. The number of aromatic nitrogens is 3. The van der Waals surface area contributed by atoms with Gasteiger partial charge in [0.1, 0.15) is 11.4 Å². The van der Waals surface area contributed by atoms with Crippen molar-refractivity contribution in [1.82, 2.24) is 15.2 Å². The molecule has 0 bridgehead atoms. The van der Waals surface area contributed by atoms with Crippen LogP contribution in [0.2, 0.25) is 0 Å². The van der Waals surface area contributed by atoms with E-state index < -0.39 is 5.41 Å². The van der Waals surface area contributed by atoms with Gasteiger partial charge in [-0.1, -0.05) is 174 Å². The minimum Gasteiger partial charge on any atom is -0.224 e. The normalized spacial score (nSPS) is 14.8. The molecule has 0 amide bonds. The van der Waals surface area contributed by atoms with E-state index in [1.807, 2.05) is 6.07 Å². The zero-order valence-electron chi connectivity index (χ0n) is 29.2. The molecule has 0 radical (unpaired) electrons. The first-order valence-electron chi connectivity index (χ1n) is 17.5. The highest BCUT2D eigenvalue weighted by atomic mass is 15.2. The van der Waals surface area contributed by atoms with E-state index >= 15 is 0 Å². The monoisotopic (exact) mass is 645 g/mol. The van der Waals surface area contributed by atoms with Gasteiger partial charge in [-0.2, -0.15) is 0 Å². The quantitative estimate of drug-likeness (QED) is 0.192. The predicted molar refractivity (Wildman–Crippen MR) is 204 cm³/mol. The first-order valence-corrected chi connectivity index (χ1v) is 17.5. The van der Waals surface area contributed by atoms with Crippen LogP contribution in [0.1, 0.15) is 73.6 Å². The van der Waals surface area contributed by atoms with Crippen LogP contribution < -0.4 is 0 Å². The molecule has 0 saturated heterocycles. The van der Waals surface area contributed by atoms with Crippen molar-refractivity contribution in [3.05, 3.63) is 185 Å². The molecule has 1 aromatic heterocycles. The molecule has 0 fully saturated rings. The Bertz CT molecular complexity index is 2390. The minimum atomic E-state index is -0.426. The van der Waals surface area contributed by atoms with Crippen molar-refractivity contribution >= 4 is 0 Å². The Morgan fingerprint density at radius 3 is 1.60 bits per heavy atom. The number of nitrogens with zero attached hydrogens (tertiary/aromatic N) is 3. The minimum absolute atomic E-state index is 0.0660. The van der Waals surface area contributed by atoms with Crippen molar-refractivity contribution in [3.63, 3.8) is 0 Å². The lowest BCUT2D eigenvalue weighted by molar-refractivity contribution is 0.563. The third kappa shape index (κ3) is 4.32. The van der Waals surface area contributed by atoms with Crippen molar-refractivity contribution < 1.29 is 0 Å². The van der Waals surface area contributed by atoms with Crippen LogP contribution in [0.5, 0.6) is 0 Å². The Kier molecular flexibility index (Phi) is 6.64. The second kappa shape index (κ2) is 10.9. The molecule has 3 nitrogen and oxygen atoms in total. The van der Waals surface area contributed by atoms with Gasteiger partial charge in [-0.3, -0.25) is 0 Å². The van der Waals surface area contributed by atoms with Gasteiger partial charge in [-0.05, 0) is 61.6 Å². The molecule has 2 aliphatic carbocycles. The zero-order chi connectivity index (χ0) is 34.3. The number of rotatable bonds is 3. The molecule has 6 aromatic carbocycles. The van der Waals surface area contributed by atoms with Gasteiger partial charge in [-0.15, -0.1) is 10.2 Å².